The number of amides is 1. The third kappa shape index (κ3) is 7.08. The monoisotopic (exact) mass is 532 g/mol. The highest BCUT2D eigenvalue weighted by atomic mass is 16.5. The van der Waals surface area contributed by atoms with Crippen molar-refractivity contribution < 1.29 is 33.4 Å². The molecular formula is C30H32N2O7. The molecule has 1 amide bonds. The molecule has 0 unspecified atom stereocenters. The van der Waals surface area contributed by atoms with E-state index in [-0.39, 0.29) is 6.42 Å². The van der Waals surface area contributed by atoms with Crippen molar-refractivity contribution in [2.45, 2.75) is 30.5 Å². The lowest BCUT2D eigenvalue weighted by Gasteiger charge is -2.39. The minimum atomic E-state index is -1.32. The Labute approximate surface area is 227 Å². The average molecular weight is 533 g/mol. The molecule has 0 aliphatic carbocycles. The van der Waals surface area contributed by atoms with Crippen LogP contribution in [0, 0.1) is 0 Å². The zero-order valence-corrected chi connectivity index (χ0v) is 22.1. The topological polar surface area (TPSA) is 120 Å². The minimum absolute atomic E-state index is 0.358. The van der Waals surface area contributed by atoms with Crippen molar-refractivity contribution >= 4 is 23.8 Å². The van der Waals surface area contributed by atoms with Gasteiger partial charge in [-0.15, -0.1) is 0 Å². The second-order valence-corrected chi connectivity index (χ2v) is 8.69. The first kappa shape index (κ1) is 29.1. The summed E-state index contributed by atoms with van der Waals surface area (Å²) < 4.78 is 14.3. The molecule has 3 aromatic rings. The maximum atomic E-state index is 13.7. The van der Waals surface area contributed by atoms with Gasteiger partial charge in [-0.3, -0.25) is 19.7 Å². The molecule has 39 heavy (non-hydrogen) atoms. The van der Waals surface area contributed by atoms with Crippen LogP contribution in [0.3, 0.4) is 0 Å². The molecule has 0 saturated heterocycles. The molecule has 0 saturated carbocycles. The van der Waals surface area contributed by atoms with Gasteiger partial charge in [0.05, 0.1) is 45.8 Å². The van der Waals surface area contributed by atoms with E-state index in [1.807, 2.05) is 91.0 Å². The molecule has 2 N–H and O–H groups in total. The van der Waals surface area contributed by atoms with Gasteiger partial charge in [-0.05, 0) is 16.7 Å². The van der Waals surface area contributed by atoms with Gasteiger partial charge in [0.25, 0.3) is 0 Å². The van der Waals surface area contributed by atoms with Gasteiger partial charge in [-0.25, -0.2) is 4.79 Å². The summed E-state index contributed by atoms with van der Waals surface area (Å²) in [7, 11) is 3.55. The number of nitrogens with one attached hydrogen (secondary N) is 2. The van der Waals surface area contributed by atoms with Crippen molar-refractivity contribution in [2.75, 3.05) is 21.3 Å². The number of hydrogen-bond donors (Lipinski definition) is 2. The Morgan fingerprint density at radius 2 is 1.00 bits per heavy atom. The zero-order chi connectivity index (χ0) is 28.3. The smallest absolute Gasteiger partial charge is 0.328 e. The van der Waals surface area contributed by atoms with E-state index in [0.717, 1.165) is 23.8 Å². The maximum absolute atomic E-state index is 13.7. The number of ether oxygens (including phenoxy) is 3. The van der Waals surface area contributed by atoms with Crippen LogP contribution in [0.1, 0.15) is 29.5 Å². The second-order valence-electron chi connectivity index (χ2n) is 8.69. The highest BCUT2D eigenvalue weighted by Crippen LogP contribution is 2.37. The van der Waals surface area contributed by atoms with E-state index >= 15 is 0 Å². The molecule has 2 atom stereocenters. The number of methoxy groups -OCH3 is 3. The van der Waals surface area contributed by atoms with E-state index in [4.69, 9.17) is 9.47 Å². The first-order chi connectivity index (χ1) is 18.8. The molecular weight excluding hydrogens is 500 g/mol. The molecule has 9 heteroatoms. The van der Waals surface area contributed by atoms with Gasteiger partial charge in [0, 0.05) is 0 Å². The third-order valence-electron chi connectivity index (χ3n) is 6.33. The highest BCUT2D eigenvalue weighted by Gasteiger charge is 2.41. The van der Waals surface area contributed by atoms with Crippen LogP contribution >= 0.6 is 0 Å². The molecule has 9 nitrogen and oxygen atoms in total. The number of rotatable bonds is 12. The number of carbonyl (C=O) groups excluding carboxylic acids is 4. The lowest BCUT2D eigenvalue weighted by molar-refractivity contribution is -0.151. The van der Waals surface area contributed by atoms with Gasteiger partial charge in [-0.2, -0.15) is 0 Å². The number of benzene rings is 3. The van der Waals surface area contributed by atoms with Crippen molar-refractivity contribution in [3.8, 4) is 0 Å². The Hall–Kier alpha value is -4.50. The van der Waals surface area contributed by atoms with Crippen LogP contribution in [0.4, 0.5) is 0 Å². The predicted octanol–water partition coefficient (Wildman–Crippen LogP) is 2.72. The Morgan fingerprint density at radius 3 is 1.36 bits per heavy atom. The Morgan fingerprint density at radius 1 is 0.615 bits per heavy atom. The van der Waals surface area contributed by atoms with Crippen LogP contribution in [0.5, 0.6) is 0 Å². The van der Waals surface area contributed by atoms with Crippen LogP contribution in [-0.2, 0) is 38.9 Å². The average Bonchev–Trinajstić information content (AvgIpc) is 2.99. The first-order valence-electron chi connectivity index (χ1n) is 12.3. The second kappa shape index (κ2) is 13.9. The normalized spacial score (nSPS) is 12.5. The van der Waals surface area contributed by atoms with Crippen LogP contribution < -0.4 is 10.6 Å². The molecule has 0 bridgehead atoms. The van der Waals surface area contributed by atoms with Crippen LogP contribution in [0.25, 0.3) is 0 Å². The van der Waals surface area contributed by atoms with Crippen molar-refractivity contribution in [3.05, 3.63) is 108 Å². The molecule has 0 fully saturated rings. The van der Waals surface area contributed by atoms with Crippen molar-refractivity contribution in [1.82, 2.24) is 10.6 Å². The molecule has 0 aliphatic heterocycles. The summed E-state index contributed by atoms with van der Waals surface area (Å²) in [6, 6.07) is 26.0. The minimum Gasteiger partial charge on any atom is -0.469 e. The fourth-order valence-electron chi connectivity index (χ4n) is 4.39. The third-order valence-corrected chi connectivity index (χ3v) is 6.33. The van der Waals surface area contributed by atoms with Gasteiger partial charge in [0.1, 0.15) is 6.04 Å². The van der Waals surface area contributed by atoms with E-state index in [9.17, 15) is 19.2 Å². The highest BCUT2D eigenvalue weighted by molar-refractivity contribution is 5.92. The lowest BCUT2D eigenvalue weighted by atomic mass is 9.76. The quantitative estimate of drug-likeness (QED) is 0.208. The van der Waals surface area contributed by atoms with E-state index in [2.05, 4.69) is 15.4 Å². The Bertz CT molecular complexity index is 1150. The molecule has 3 aromatic carbocycles. The summed E-state index contributed by atoms with van der Waals surface area (Å²) in [4.78, 5) is 50.6. The van der Waals surface area contributed by atoms with E-state index in [0.29, 0.717) is 0 Å². The Kier molecular flexibility index (Phi) is 10.3. The molecule has 0 aromatic heterocycles. The van der Waals surface area contributed by atoms with Crippen molar-refractivity contribution in [1.29, 1.82) is 0 Å². The van der Waals surface area contributed by atoms with E-state index in [1.54, 1.807) is 0 Å². The van der Waals surface area contributed by atoms with Crippen LogP contribution in [-0.4, -0.2) is 57.2 Å². The zero-order valence-electron chi connectivity index (χ0n) is 22.1. The maximum Gasteiger partial charge on any atom is 0.328 e. The fourth-order valence-corrected chi connectivity index (χ4v) is 4.39. The summed E-state index contributed by atoms with van der Waals surface area (Å²) in [5, 5.41) is 5.98. The lowest BCUT2D eigenvalue weighted by Crippen LogP contribution is -2.58. The summed E-state index contributed by atoms with van der Waals surface area (Å²) in [5.74, 6) is -2.89. The van der Waals surface area contributed by atoms with Gasteiger partial charge < -0.3 is 19.5 Å². The van der Waals surface area contributed by atoms with Gasteiger partial charge in [0.2, 0.25) is 5.91 Å². The SMILES string of the molecule is COC(=O)C[C@H](NC(c1ccccc1)(c1ccccc1)c1ccccc1)C(=O)N[C@@H](CC(=O)OC)C(=O)OC. The largest absolute Gasteiger partial charge is 0.469 e. The number of esters is 3. The predicted molar refractivity (Wildman–Crippen MR) is 143 cm³/mol. The molecule has 0 aliphatic rings. The molecule has 0 spiro atoms. The van der Waals surface area contributed by atoms with E-state index < -0.39 is 47.9 Å². The summed E-state index contributed by atoms with van der Waals surface area (Å²) in [6.07, 6.45) is -0.802. The fraction of sp³-hybridized carbons (Fsp3) is 0.267. The standard InChI is InChI=1S/C30H32N2O7/c1-37-26(33)19-24(28(35)31-25(29(36)39-3)20-27(34)38-2)32-30(21-13-7-4-8-14-21,22-15-9-5-10-16-22)23-17-11-6-12-18-23/h4-18,24-25,32H,19-20H2,1-3H3,(H,31,35)/t24-,25-/m0/s1. The molecule has 3 rings (SSSR count). The summed E-state index contributed by atoms with van der Waals surface area (Å²) in [5.41, 5.74) is 1.33. The molecule has 0 heterocycles. The molecule has 0 radical (unpaired) electrons. The van der Waals surface area contributed by atoms with Crippen molar-refractivity contribution in [2.24, 2.45) is 0 Å². The van der Waals surface area contributed by atoms with Crippen molar-refractivity contribution in [3.63, 3.8) is 0 Å². The number of hydrogen-bond acceptors (Lipinski definition) is 8. The van der Waals surface area contributed by atoms with Gasteiger partial charge in [0.15, 0.2) is 0 Å². The summed E-state index contributed by atoms with van der Waals surface area (Å²) in [6.45, 7) is 0. The summed E-state index contributed by atoms with van der Waals surface area (Å²) >= 11 is 0. The van der Waals surface area contributed by atoms with Crippen LogP contribution in [0.2, 0.25) is 0 Å². The van der Waals surface area contributed by atoms with Crippen LogP contribution in [0.15, 0.2) is 91.0 Å². The first-order valence-corrected chi connectivity index (χ1v) is 12.3. The van der Waals surface area contributed by atoms with Gasteiger partial charge >= 0.3 is 17.9 Å². The molecule has 204 valence electrons. The Balaban J connectivity index is 2.15. The number of carbonyl (C=O) groups is 4. The van der Waals surface area contributed by atoms with E-state index in [1.165, 1.54) is 14.2 Å². The van der Waals surface area contributed by atoms with Gasteiger partial charge in [-0.1, -0.05) is 91.0 Å².